The summed E-state index contributed by atoms with van der Waals surface area (Å²) in [6.45, 7) is 7.59. The molecular formula is C20H33F3IN7. The number of piperazine rings is 2. The van der Waals surface area contributed by atoms with Crippen molar-refractivity contribution in [1.29, 1.82) is 0 Å². The summed E-state index contributed by atoms with van der Waals surface area (Å²) in [6.07, 6.45) is -2.32. The van der Waals surface area contributed by atoms with Gasteiger partial charge in [0.25, 0.3) is 0 Å². The van der Waals surface area contributed by atoms with Crippen LogP contribution in [0.4, 0.5) is 19.0 Å². The number of aliphatic imine (C=N–C) groups is 1. The lowest BCUT2D eigenvalue weighted by Gasteiger charge is -2.39. The zero-order valence-corrected chi connectivity index (χ0v) is 20.7. The summed E-state index contributed by atoms with van der Waals surface area (Å²) < 4.78 is 38.8. The first kappa shape index (κ1) is 25.9. The fourth-order valence-electron chi connectivity index (χ4n) is 3.79. The molecule has 3 rings (SSSR count). The van der Waals surface area contributed by atoms with E-state index in [4.69, 9.17) is 0 Å². The van der Waals surface area contributed by atoms with Gasteiger partial charge in [-0.2, -0.15) is 13.2 Å². The Labute approximate surface area is 199 Å². The average molecular weight is 555 g/mol. The van der Waals surface area contributed by atoms with Gasteiger partial charge in [0.2, 0.25) is 0 Å². The molecule has 1 aromatic heterocycles. The molecule has 0 bridgehead atoms. The minimum Gasteiger partial charge on any atom is -0.354 e. The molecule has 0 saturated carbocycles. The standard InChI is InChI=1S/C20H32F3N7.HI/c1-16(20(21,22)23)28-10-12-30(13-11-28)19(24-2)26-15-17-4-5-18(25-14-17)29-8-6-27(3)7-9-29;/h4-5,14,16H,6-13,15H2,1-3H3,(H,24,26);1H. The molecule has 1 aromatic rings. The van der Waals surface area contributed by atoms with Crippen molar-refractivity contribution in [3.8, 4) is 0 Å². The minimum atomic E-state index is -4.19. The number of halogens is 4. The molecule has 11 heteroatoms. The monoisotopic (exact) mass is 555 g/mol. The lowest BCUT2D eigenvalue weighted by Crippen LogP contribution is -2.56. The van der Waals surface area contributed by atoms with Crippen molar-refractivity contribution in [3.63, 3.8) is 0 Å². The van der Waals surface area contributed by atoms with E-state index in [0.29, 0.717) is 38.7 Å². The molecule has 0 aliphatic carbocycles. The van der Waals surface area contributed by atoms with Crippen LogP contribution in [0.3, 0.4) is 0 Å². The predicted molar refractivity (Wildman–Crippen MR) is 128 cm³/mol. The molecular weight excluding hydrogens is 522 g/mol. The molecule has 2 saturated heterocycles. The number of nitrogens with one attached hydrogen (secondary N) is 1. The highest BCUT2D eigenvalue weighted by atomic mass is 127. The Balaban J connectivity index is 0.00000341. The van der Waals surface area contributed by atoms with Crippen molar-refractivity contribution in [2.45, 2.75) is 25.7 Å². The zero-order chi connectivity index (χ0) is 21.7. The number of guanidine groups is 1. The van der Waals surface area contributed by atoms with Crippen LogP contribution >= 0.6 is 24.0 Å². The van der Waals surface area contributed by atoms with Crippen LogP contribution in [-0.2, 0) is 6.54 Å². The second kappa shape index (κ2) is 11.5. The summed E-state index contributed by atoms with van der Waals surface area (Å²) in [7, 11) is 3.82. The Morgan fingerprint density at radius 3 is 2.26 bits per heavy atom. The van der Waals surface area contributed by atoms with Gasteiger partial charge in [-0.25, -0.2) is 4.98 Å². The first-order chi connectivity index (χ1) is 14.3. The quantitative estimate of drug-likeness (QED) is 0.349. The van der Waals surface area contributed by atoms with Gasteiger partial charge >= 0.3 is 6.18 Å². The van der Waals surface area contributed by atoms with Crippen molar-refractivity contribution in [3.05, 3.63) is 23.9 Å². The number of nitrogens with zero attached hydrogens (tertiary/aromatic N) is 6. The van der Waals surface area contributed by atoms with Crippen LogP contribution in [0, 0.1) is 0 Å². The number of rotatable bonds is 4. The molecule has 2 aliphatic rings. The number of anilines is 1. The maximum absolute atomic E-state index is 12.9. The molecule has 0 spiro atoms. The number of alkyl halides is 3. The molecule has 31 heavy (non-hydrogen) atoms. The first-order valence-corrected chi connectivity index (χ1v) is 10.4. The zero-order valence-electron chi connectivity index (χ0n) is 18.4. The van der Waals surface area contributed by atoms with Crippen molar-refractivity contribution in [1.82, 2.24) is 25.0 Å². The molecule has 1 N–H and O–H groups in total. The number of pyridine rings is 1. The molecule has 7 nitrogen and oxygen atoms in total. The summed E-state index contributed by atoms with van der Waals surface area (Å²) in [5, 5.41) is 3.31. The van der Waals surface area contributed by atoms with E-state index in [1.165, 1.54) is 11.8 Å². The lowest BCUT2D eigenvalue weighted by molar-refractivity contribution is -0.181. The van der Waals surface area contributed by atoms with Gasteiger partial charge in [-0.15, -0.1) is 24.0 Å². The van der Waals surface area contributed by atoms with Gasteiger partial charge in [-0.1, -0.05) is 6.07 Å². The second-order valence-electron chi connectivity index (χ2n) is 7.96. The maximum atomic E-state index is 12.9. The Kier molecular flexibility index (Phi) is 9.62. The Morgan fingerprint density at radius 1 is 1.10 bits per heavy atom. The third-order valence-electron chi connectivity index (χ3n) is 5.93. The summed E-state index contributed by atoms with van der Waals surface area (Å²) in [6, 6.07) is 2.69. The highest BCUT2D eigenvalue weighted by molar-refractivity contribution is 14.0. The van der Waals surface area contributed by atoms with Gasteiger partial charge in [-0.05, 0) is 25.6 Å². The van der Waals surface area contributed by atoms with Gasteiger partial charge in [0.05, 0.1) is 0 Å². The molecule has 2 fully saturated rings. The normalized spacial score (nSPS) is 20.4. The SMILES string of the molecule is CN=C(NCc1ccc(N2CCN(C)CC2)nc1)N1CCN(C(C)C(F)(F)F)CC1.I. The second-order valence-corrected chi connectivity index (χ2v) is 7.96. The van der Waals surface area contributed by atoms with Crippen molar-refractivity contribution in [2.75, 3.05) is 71.4 Å². The van der Waals surface area contributed by atoms with E-state index in [2.05, 4.69) is 38.2 Å². The van der Waals surface area contributed by atoms with E-state index in [9.17, 15) is 13.2 Å². The fourth-order valence-corrected chi connectivity index (χ4v) is 3.79. The van der Waals surface area contributed by atoms with E-state index in [-0.39, 0.29) is 24.0 Å². The van der Waals surface area contributed by atoms with Gasteiger partial charge in [0.1, 0.15) is 11.9 Å². The van der Waals surface area contributed by atoms with Gasteiger partial charge < -0.3 is 20.0 Å². The van der Waals surface area contributed by atoms with Crippen LogP contribution in [0.25, 0.3) is 0 Å². The van der Waals surface area contributed by atoms with E-state index in [1.54, 1.807) is 7.05 Å². The topological polar surface area (TPSA) is 50.2 Å². The first-order valence-electron chi connectivity index (χ1n) is 10.4. The van der Waals surface area contributed by atoms with Crippen LogP contribution in [0.1, 0.15) is 12.5 Å². The molecule has 2 aliphatic heterocycles. The predicted octanol–water partition coefficient (Wildman–Crippen LogP) is 2.10. The average Bonchev–Trinajstić information content (AvgIpc) is 2.74. The fraction of sp³-hybridized carbons (Fsp3) is 0.700. The van der Waals surface area contributed by atoms with Crippen LogP contribution in [0.2, 0.25) is 0 Å². The summed E-state index contributed by atoms with van der Waals surface area (Å²) in [4.78, 5) is 17.0. The Hall–Kier alpha value is -1.34. The van der Waals surface area contributed by atoms with Crippen molar-refractivity contribution < 1.29 is 13.2 Å². The Bertz CT molecular complexity index is 698. The summed E-state index contributed by atoms with van der Waals surface area (Å²) in [5.41, 5.74) is 1.04. The highest BCUT2D eigenvalue weighted by Crippen LogP contribution is 2.25. The molecule has 3 heterocycles. The number of hydrogen-bond acceptors (Lipinski definition) is 5. The third kappa shape index (κ3) is 7.07. The maximum Gasteiger partial charge on any atom is 0.403 e. The van der Waals surface area contributed by atoms with Crippen molar-refractivity contribution in [2.24, 2.45) is 4.99 Å². The smallest absolute Gasteiger partial charge is 0.354 e. The summed E-state index contributed by atoms with van der Waals surface area (Å²) in [5.74, 6) is 1.70. The number of aromatic nitrogens is 1. The molecule has 0 amide bonds. The van der Waals surface area contributed by atoms with Crippen LogP contribution in [0.5, 0.6) is 0 Å². The van der Waals surface area contributed by atoms with Crippen LogP contribution in [-0.4, -0.2) is 104 Å². The highest BCUT2D eigenvalue weighted by Gasteiger charge is 2.41. The van der Waals surface area contributed by atoms with E-state index in [1.807, 2.05) is 17.2 Å². The molecule has 0 aromatic carbocycles. The van der Waals surface area contributed by atoms with Gasteiger partial charge in [0.15, 0.2) is 5.96 Å². The van der Waals surface area contributed by atoms with Gasteiger partial charge in [0, 0.05) is 72.1 Å². The summed E-state index contributed by atoms with van der Waals surface area (Å²) >= 11 is 0. The van der Waals surface area contributed by atoms with Crippen LogP contribution in [0.15, 0.2) is 23.3 Å². The lowest BCUT2D eigenvalue weighted by atomic mass is 10.2. The number of hydrogen-bond donors (Lipinski definition) is 1. The van der Waals surface area contributed by atoms with E-state index < -0.39 is 12.2 Å². The van der Waals surface area contributed by atoms with Gasteiger partial charge in [-0.3, -0.25) is 9.89 Å². The number of likely N-dealkylation sites (N-methyl/N-ethyl adjacent to an activating group) is 1. The molecule has 176 valence electrons. The largest absolute Gasteiger partial charge is 0.403 e. The van der Waals surface area contributed by atoms with E-state index >= 15 is 0 Å². The Morgan fingerprint density at radius 2 is 1.74 bits per heavy atom. The molecule has 0 radical (unpaired) electrons. The minimum absolute atomic E-state index is 0. The molecule has 1 atom stereocenters. The third-order valence-corrected chi connectivity index (χ3v) is 5.93. The van der Waals surface area contributed by atoms with E-state index in [0.717, 1.165) is 37.6 Å². The molecule has 1 unspecified atom stereocenters. The van der Waals surface area contributed by atoms with Crippen molar-refractivity contribution >= 4 is 35.8 Å². The van der Waals surface area contributed by atoms with Crippen LogP contribution < -0.4 is 10.2 Å².